The van der Waals surface area contributed by atoms with E-state index in [0.29, 0.717) is 16.4 Å². The summed E-state index contributed by atoms with van der Waals surface area (Å²) in [4.78, 5) is 36.0. The number of methoxy groups -OCH3 is 2. The molecule has 0 unspecified atom stereocenters. The summed E-state index contributed by atoms with van der Waals surface area (Å²) < 4.78 is 15.1. The van der Waals surface area contributed by atoms with E-state index in [-0.39, 0.29) is 5.56 Å². The third-order valence-corrected chi connectivity index (χ3v) is 4.34. The fourth-order valence-corrected chi connectivity index (χ4v) is 2.81. The average Bonchev–Trinajstić information content (AvgIpc) is 3.09. The molecule has 0 bridgehead atoms. The Morgan fingerprint density at radius 1 is 1.04 bits per heavy atom. The Balaban J connectivity index is 1.84. The molecule has 2 rings (SSSR count). The van der Waals surface area contributed by atoms with Crippen LogP contribution in [-0.2, 0) is 9.53 Å². The van der Waals surface area contributed by atoms with Gasteiger partial charge in [-0.25, -0.2) is 4.79 Å². The Morgan fingerprint density at radius 2 is 1.77 bits per heavy atom. The van der Waals surface area contributed by atoms with E-state index in [1.165, 1.54) is 37.7 Å². The number of hydrogen-bond donors (Lipinski definition) is 2. The largest absolute Gasteiger partial charge is 0.493 e. The first-order valence-electron chi connectivity index (χ1n) is 7.48. The minimum atomic E-state index is -0.665. The fourth-order valence-electron chi connectivity index (χ4n) is 1.99. The quantitative estimate of drug-likeness (QED) is 0.586. The zero-order valence-corrected chi connectivity index (χ0v) is 15.3. The first kappa shape index (κ1) is 19.3. The van der Waals surface area contributed by atoms with Gasteiger partial charge in [-0.1, -0.05) is 0 Å². The fraction of sp³-hybridized carbons (Fsp3) is 0.235. The number of carbonyl (C=O) groups excluding carboxylic acids is 3. The molecule has 2 aromatic rings. The van der Waals surface area contributed by atoms with Gasteiger partial charge in [0.25, 0.3) is 11.8 Å². The summed E-state index contributed by atoms with van der Waals surface area (Å²) in [5, 5.41) is 1.76. The van der Waals surface area contributed by atoms with E-state index in [1.807, 2.05) is 0 Å². The molecule has 8 nitrogen and oxygen atoms in total. The maximum Gasteiger partial charge on any atom is 0.349 e. The average molecular weight is 378 g/mol. The SMILES string of the molecule is COc1ccc(C(=O)NNC(=O)COC(=O)c2sccc2C)cc1OC. The number of thiophene rings is 1. The number of carbonyl (C=O) groups is 3. The van der Waals surface area contributed by atoms with Crippen molar-refractivity contribution in [3.63, 3.8) is 0 Å². The molecule has 0 spiro atoms. The summed E-state index contributed by atoms with van der Waals surface area (Å²) in [7, 11) is 2.93. The Morgan fingerprint density at radius 3 is 2.38 bits per heavy atom. The summed E-state index contributed by atoms with van der Waals surface area (Å²) in [6.07, 6.45) is 0. The predicted octanol–water partition coefficient (Wildman–Crippen LogP) is 1.69. The molecule has 1 aromatic heterocycles. The minimum Gasteiger partial charge on any atom is -0.493 e. The van der Waals surface area contributed by atoms with Gasteiger partial charge in [0.1, 0.15) is 4.88 Å². The molecule has 2 N–H and O–H groups in total. The van der Waals surface area contributed by atoms with Crippen molar-refractivity contribution in [2.24, 2.45) is 0 Å². The standard InChI is InChI=1S/C17H18N2O6S/c1-10-6-7-26-15(10)17(22)25-9-14(20)18-19-16(21)11-4-5-12(23-2)13(8-11)24-3/h4-8H,9H2,1-3H3,(H,18,20)(H,19,21). The van der Waals surface area contributed by atoms with Crippen LogP contribution in [0.4, 0.5) is 0 Å². The van der Waals surface area contributed by atoms with E-state index in [9.17, 15) is 14.4 Å². The highest BCUT2D eigenvalue weighted by molar-refractivity contribution is 7.12. The summed E-state index contributed by atoms with van der Waals surface area (Å²) in [5.41, 5.74) is 5.45. The van der Waals surface area contributed by atoms with Gasteiger partial charge >= 0.3 is 5.97 Å². The third kappa shape index (κ3) is 4.73. The van der Waals surface area contributed by atoms with Crippen LogP contribution in [0.1, 0.15) is 25.6 Å². The van der Waals surface area contributed by atoms with Gasteiger partial charge in [-0.15, -0.1) is 11.3 Å². The molecule has 0 fully saturated rings. The number of esters is 1. The Labute approximate surface area is 154 Å². The molecule has 9 heteroatoms. The zero-order valence-electron chi connectivity index (χ0n) is 14.5. The molecular weight excluding hydrogens is 360 g/mol. The van der Waals surface area contributed by atoms with Crippen LogP contribution in [0.3, 0.4) is 0 Å². The number of amides is 2. The van der Waals surface area contributed by atoms with E-state index >= 15 is 0 Å². The first-order valence-corrected chi connectivity index (χ1v) is 8.36. The second-order valence-electron chi connectivity index (χ2n) is 5.08. The maximum atomic E-state index is 12.1. The van der Waals surface area contributed by atoms with Crippen LogP contribution in [0.15, 0.2) is 29.6 Å². The van der Waals surface area contributed by atoms with Crippen LogP contribution < -0.4 is 20.3 Å². The summed E-state index contributed by atoms with van der Waals surface area (Å²) in [6, 6.07) is 6.34. The van der Waals surface area contributed by atoms with Gasteiger partial charge in [0, 0.05) is 5.56 Å². The number of nitrogens with one attached hydrogen (secondary N) is 2. The van der Waals surface area contributed by atoms with E-state index in [1.54, 1.807) is 24.4 Å². The van der Waals surface area contributed by atoms with Gasteiger partial charge in [-0.05, 0) is 42.1 Å². The molecular formula is C17H18N2O6S. The number of hydrogen-bond acceptors (Lipinski definition) is 7. The highest BCUT2D eigenvalue weighted by Gasteiger charge is 2.15. The van der Waals surface area contributed by atoms with Crippen molar-refractivity contribution in [2.45, 2.75) is 6.92 Å². The van der Waals surface area contributed by atoms with Gasteiger partial charge < -0.3 is 14.2 Å². The van der Waals surface area contributed by atoms with E-state index in [4.69, 9.17) is 14.2 Å². The van der Waals surface area contributed by atoms with Crippen molar-refractivity contribution in [1.82, 2.24) is 10.9 Å². The number of hydrazine groups is 1. The second kappa shape index (κ2) is 8.86. The van der Waals surface area contributed by atoms with Crippen molar-refractivity contribution in [2.75, 3.05) is 20.8 Å². The van der Waals surface area contributed by atoms with Crippen molar-refractivity contribution < 1.29 is 28.6 Å². The van der Waals surface area contributed by atoms with Crippen molar-refractivity contribution in [1.29, 1.82) is 0 Å². The Hall–Kier alpha value is -3.07. The van der Waals surface area contributed by atoms with Crippen molar-refractivity contribution in [3.8, 4) is 11.5 Å². The van der Waals surface area contributed by atoms with Crippen molar-refractivity contribution in [3.05, 3.63) is 45.6 Å². The molecule has 26 heavy (non-hydrogen) atoms. The van der Waals surface area contributed by atoms with Crippen LogP contribution in [0, 0.1) is 6.92 Å². The number of rotatable bonds is 6. The van der Waals surface area contributed by atoms with Crippen LogP contribution in [-0.4, -0.2) is 38.6 Å². The van der Waals surface area contributed by atoms with Gasteiger partial charge in [0.2, 0.25) is 0 Å². The second-order valence-corrected chi connectivity index (χ2v) is 6.00. The van der Waals surface area contributed by atoms with Crippen LogP contribution in [0.2, 0.25) is 0 Å². The van der Waals surface area contributed by atoms with Gasteiger partial charge in [0.15, 0.2) is 18.1 Å². The number of ether oxygens (including phenoxy) is 3. The normalized spacial score (nSPS) is 9.96. The predicted molar refractivity (Wildman–Crippen MR) is 94.5 cm³/mol. The van der Waals surface area contributed by atoms with E-state index < -0.39 is 24.4 Å². The minimum absolute atomic E-state index is 0.258. The molecule has 0 aliphatic rings. The topological polar surface area (TPSA) is 103 Å². The highest BCUT2D eigenvalue weighted by atomic mass is 32.1. The Bertz CT molecular complexity index is 817. The van der Waals surface area contributed by atoms with E-state index in [0.717, 1.165) is 5.56 Å². The van der Waals surface area contributed by atoms with Crippen LogP contribution in [0.5, 0.6) is 11.5 Å². The molecule has 0 saturated carbocycles. The van der Waals surface area contributed by atoms with E-state index in [2.05, 4.69) is 10.9 Å². The molecule has 2 amide bonds. The lowest BCUT2D eigenvalue weighted by Crippen LogP contribution is -2.43. The highest BCUT2D eigenvalue weighted by Crippen LogP contribution is 2.27. The number of aryl methyl sites for hydroxylation is 1. The maximum absolute atomic E-state index is 12.1. The lowest BCUT2D eigenvalue weighted by Gasteiger charge is -2.11. The van der Waals surface area contributed by atoms with Crippen LogP contribution in [0.25, 0.3) is 0 Å². The van der Waals surface area contributed by atoms with Crippen LogP contribution >= 0.6 is 11.3 Å². The monoisotopic (exact) mass is 378 g/mol. The molecule has 0 radical (unpaired) electrons. The van der Waals surface area contributed by atoms with Gasteiger partial charge in [-0.3, -0.25) is 20.4 Å². The molecule has 0 aliphatic carbocycles. The van der Waals surface area contributed by atoms with Crippen molar-refractivity contribution >= 4 is 29.1 Å². The van der Waals surface area contributed by atoms with Gasteiger partial charge in [0.05, 0.1) is 14.2 Å². The summed E-state index contributed by atoms with van der Waals surface area (Å²) >= 11 is 1.23. The zero-order chi connectivity index (χ0) is 19.1. The first-order chi connectivity index (χ1) is 12.5. The molecule has 0 aliphatic heterocycles. The smallest absolute Gasteiger partial charge is 0.349 e. The lowest BCUT2D eigenvalue weighted by atomic mass is 10.2. The Kier molecular flexibility index (Phi) is 6.56. The molecule has 138 valence electrons. The van der Waals surface area contributed by atoms with Gasteiger partial charge in [-0.2, -0.15) is 0 Å². The summed E-state index contributed by atoms with van der Waals surface area (Å²) in [5.74, 6) is -0.949. The molecule has 1 heterocycles. The third-order valence-electron chi connectivity index (χ3n) is 3.34. The molecule has 1 aromatic carbocycles. The molecule has 0 saturated heterocycles. The lowest BCUT2D eigenvalue weighted by molar-refractivity contribution is -0.125. The molecule has 0 atom stereocenters. The number of benzene rings is 1. The summed E-state index contributed by atoms with van der Waals surface area (Å²) in [6.45, 7) is 1.26.